The Morgan fingerprint density at radius 2 is 2.00 bits per heavy atom. The van der Waals surface area contributed by atoms with Crippen molar-refractivity contribution < 1.29 is 4.74 Å². The quantitative estimate of drug-likeness (QED) is 0.399. The molecule has 12 heavy (non-hydrogen) atoms. The summed E-state index contributed by atoms with van der Waals surface area (Å²) in [5, 5.41) is 0. The van der Waals surface area contributed by atoms with Gasteiger partial charge in [0, 0.05) is 0 Å². The SMILES string of the molecule is C=CCOCC=CCCCCC. The molecular formula is C11H20O. The molecule has 0 aliphatic carbocycles. The average Bonchev–Trinajstić information content (AvgIpc) is 2.10. The summed E-state index contributed by atoms with van der Waals surface area (Å²) in [5.41, 5.74) is 0. The van der Waals surface area contributed by atoms with Crippen LogP contribution in [0.2, 0.25) is 0 Å². The number of allylic oxidation sites excluding steroid dienone is 1. The number of hydrogen-bond acceptors (Lipinski definition) is 1. The van der Waals surface area contributed by atoms with Crippen LogP contribution in [0.25, 0.3) is 0 Å². The number of hydrogen-bond donors (Lipinski definition) is 0. The largest absolute Gasteiger partial charge is 0.373 e. The van der Waals surface area contributed by atoms with Crippen molar-refractivity contribution in [3.63, 3.8) is 0 Å². The summed E-state index contributed by atoms with van der Waals surface area (Å²) >= 11 is 0. The molecule has 0 aromatic rings. The van der Waals surface area contributed by atoms with E-state index in [0.29, 0.717) is 6.61 Å². The van der Waals surface area contributed by atoms with E-state index in [9.17, 15) is 0 Å². The van der Waals surface area contributed by atoms with Gasteiger partial charge in [-0.15, -0.1) is 6.58 Å². The van der Waals surface area contributed by atoms with Gasteiger partial charge >= 0.3 is 0 Å². The number of ether oxygens (including phenoxy) is 1. The van der Waals surface area contributed by atoms with Crippen LogP contribution in [0.4, 0.5) is 0 Å². The molecular weight excluding hydrogens is 148 g/mol. The van der Waals surface area contributed by atoms with Gasteiger partial charge in [0.25, 0.3) is 0 Å². The molecule has 0 radical (unpaired) electrons. The molecule has 0 atom stereocenters. The molecule has 0 amide bonds. The maximum absolute atomic E-state index is 5.18. The van der Waals surface area contributed by atoms with Crippen LogP contribution < -0.4 is 0 Å². The van der Waals surface area contributed by atoms with E-state index in [4.69, 9.17) is 4.74 Å². The molecule has 0 aromatic heterocycles. The van der Waals surface area contributed by atoms with Crippen molar-refractivity contribution in [2.24, 2.45) is 0 Å². The molecule has 0 fully saturated rings. The predicted molar refractivity (Wildman–Crippen MR) is 54.3 cm³/mol. The fourth-order valence-corrected chi connectivity index (χ4v) is 0.917. The van der Waals surface area contributed by atoms with Gasteiger partial charge in [0.1, 0.15) is 0 Å². The van der Waals surface area contributed by atoms with Gasteiger partial charge in [0.15, 0.2) is 0 Å². The Morgan fingerprint density at radius 1 is 1.17 bits per heavy atom. The lowest BCUT2D eigenvalue weighted by atomic mass is 10.2. The van der Waals surface area contributed by atoms with Crippen molar-refractivity contribution in [3.8, 4) is 0 Å². The van der Waals surface area contributed by atoms with Gasteiger partial charge in [-0.25, -0.2) is 0 Å². The summed E-state index contributed by atoms with van der Waals surface area (Å²) in [5.74, 6) is 0. The zero-order valence-corrected chi connectivity index (χ0v) is 8.09. The first-order valence-corrected chi connectivity index (χ1v) is 4.75. The van der Waals surface area contributed by atoms with Crippen LogP contribution in [0.1, 0.15) is 32.6 Å². The minimum atomic E-state index is 0.652. The summed E-state index contributed by atoms with van der Waals surface area (Å²) in [4.78, 5) is 0. The van der Waals surface area contributed by atoms with E-state index in [1.165, 1.54) is 25.7 Å². The highest BCUT2D eigenvalue weighted by Crippen LogP contribution is 1.99. The molecule has 0 N–H and O–H groups in total. The lowest BCUT2D eigenvalue weighted by molar-refractivity contribution is 0.194. The number of rotatable bonds is 8. The van der Waals surface area contributed by atoms with Crippen LogP contribution in [0.15, 0.2) is 24.8 Å². The Kier molecular flexibility index (Phi) is 9.95. The standard InChI is InChI=1S/C11H20O/c1-3-5-6-7-8-9-11-12-10-4-2/h4,8-9H,2-3,5-7,10-11H2,1H3. The van der Waals surface area contributed by atoms with Gasteiger partial charge in [-0.2, -0.15) is 0 Å². The molecule has 0 saturated carbocycles. The monoisotopic (exact) mass is 168 g/mol. The van der Waals surface area contributed by atoms with Crippen LogP contribution in [0.5, 0.6) is 0 Å². The molecule has 0 aliphatic rings. The molecule has 0 heterocycles. The van der Waals surface area contributed by atoms with Crippen molar-refractivity contribution >= 4 is 0 Å². The molecule has 0 aliphatic heterocycles. The van der Waals surface area contributed by atoms with E-state index >= 15 is 0 Å². The zero-order valence-electron chi connectivity index (χ0n) is 8.09. The van der Waals surface area contributed by atoms with Crippen molar-refractivity contribution in [2.75, 3.05) is 13.2 Å². The Morgan fingerprint density at radius 3 is 2.67 bits per heavy atom. The Balaban J connectivity index is 2.98. The third-order valence-corrected chi connectivity index (χ3v) is 1.59. The molecule has 0 bridgehead atoms. The van der Waals surface area contributed by atoms with Crippen molar-refractivity contribution in [3.05, 3.63) is 24.8 Å². The first kappa shape index (κ1) is 11.4. The normalized spacial score (nSPS) is 10.8. The summed E-state index contributed by atoms with van der Waals surface area (Å²) in [6, 6.07) is 0. The lowest BCUT2D eigenvalue weighted by Crippen LogP contribution is -1.89. The van der Waals surface area contributed by atoms with Crippen LogP contribution in [-0.2, 0) is 4.74 Å². The summed E-state index contributed by atoms with van der Waals surface area (Å²) < 4.78 is 5.18. The van der Waals surface area contributed by atoms with E-state index in [2.05, 4.69) is 25.7 Å². The van der Waals surface area contributed by atoms with E-state index in [1.807, 2.05) is 0 Å². The van der Waals surface area contributed by atoms with E-state index in [-0.39, 0.29) is 0 Å². The second-order valence-electron chi connectivity index (χ2n) is 2.79. The average molecular weight is 168 g/mol. The first-order chi connectivity index (χ1) is 5.91. The lowest BCUT2D eigenvalue weighted by Gasteiger charge is -1.94. The summed E-state index contributed by atoms with van der Waals surface area (Å²) in [7, 11) is 0. The smallest absolute Gasteiger partial charge is 0.0651 e. The van der Waals surface area contributed by atoms with Gasteiger partial charge in [-0.3, -0.25) is 0 Å². The molecule has 0 spiro atoms. The van der Waals surface area contributed by atoms with Gasteiger partial charge in [0.05, 0.1) is 13.2 Å². The fraction of sp³-hybridized carbons (Fsp3) is 0.636. The van der Waals surface area contributed by atoms with Gasteiger partial charge < -0.3 is 4.74 Å². The van der Waals surface area contributed by atoms with Crippen LogP contribution in [-0.4, -0.2) is 13.2 Å². The minimum Gasteiger partial charge on any atom is -0.373 e. The third-order valence-electron chi connectivity index (χ3n) is 1.59. The zero-order chi connectivity index (χ0) is 9.07. The van der Waals surface area contributed by atoms with Crippen LogP contribution in [0.3, 0.4) is 0 Å². The molecule has 0 unspecified atom stereocenters. The van der Waals surface area contributed by atoms with Gasteiger partial charge in [0.2, 0.25) is 0 Å². The summed E-state index contributed by atoms with van der Waals surface area (Å²) in [6.07, 6.45) is 11.2. The third kappa shape index (κ3) is 9.44. The van der Waals surface area contributed by atoms with E-state index in [0.717, 1.165) is 6.61 Å². The van der Waals surface area contributed by atoms with Gasteiger partial charge in [-0.1, -0.05) is 38.0 Å². The maximum atomic E-state index is 5.18. The Hall–Kier alpha value is -0.560. The predicted octanol–water partition coefficient (Wildman–Crippen LogP) is 3.33. The number of unbranched alkanes of at least 4 members (excludes halogenated alkanes) is 3. The molecule has 0 saturated heterocycles. The minimum absolute atomic E-state index is 0.652. The highest BCUT2D eigenvalue weighted by atomic mass is 16.5. The van der Waals surface area contributed by atoms with E-state index in [1.54, 1.807) is 6.08 Å². The van der Waals surface area contributed by atoms with Crippen LogP contribution >= 0.6 is 0 Å². The second-order valence-corrected chi connectivity index (χ2v) is 2.79. The highest BCUT2D eigenvalue weighted by Gasteiger charge is 1.81. The Labute approximate surface area is 76.1 Å². The van der Waals surface area contributed by atoms with E-state index < -0.39 is 0 Å². The van der Waals surface area contributed by atoms with Crippen molar-refractivity contribution in [1.82, 2.24) is 0 Å². The maximum Gasteiger partial charge on any atom is 0.0651 e. The topological polar surface area (TPSA) is 9.23 Å². The van der Waals surface area contributed by atoms with Crippen molar-refractivity contribution in [1.29, 1.82) is 0 Å². The molecule has 0 rings (SSSR count). The highest BCUT2D eigenvalue weighted by molar-refractivity contribution is 4.81. The second kappa shape index (κ2) is 10.4. The molecule has 0 aromatic carbocycles. The fourth-order valence-electron chi connectivity index (χ4n) is 0.917. The van der Waals surface area contributed by atoms with Gasteiger partial charge in [-0.05, 0) is 12.8 Å². The summed E-state index contributed by atoms with van der Waals surface area (Å²) in [6.45, 7) is 7.16. The molecule has 1 nitrogen and oxygen atoms in total. The van der Waals surface area contributed by atoms with Crippen molar-refractivity contribution in [2.45, 2.75) is 32.6 Å². The molecule has 70 valence electrons. The molecule has 1 heteroatoms. The Bertz CT molecular complexity index is 116. The first-order valence-electron chi connectivity index (χ1n) is 4.75. The van der Waals surface area contributed by atoms with Crippen LogP contribution in [0, 0.1) is 0 Å².